The number of benzene rings is 1. The van der Waals surface area contributed by atoms with Gasteiger partial charge in [-0.1, -0.05) is 38.4 Å². The molecule has 1 N–H and O–H groups in total. The summed E-state index contributed by atoms with van der Waals surface area (Å²) in [7, 11) is 0. The Morgan fingerprint density at radius 2 is 2.16 bits per heavy atom. The number of nitrogens with one attached hydrogen (secondary N) is 1. The van der Waals surface area contributed by atoms with Gasteiger partial charge in [-0.2, -0.15) is 0 Å². The second-order valence-electron chi connectivity index (χ2n) is 6.59. The number of nitrogens with zero attached hydrogens (tertiary/aromatic N) is 1. The Balaban J connectivity index is 1.73. The monoisotopic (exact) mass is 280 g/mol. The molecule has 19 heavy (non-hydrogen) atoms. The van der Waals surface area contributed by atoms with Gasteiger partial charge < -0.3 is 10.2 Å². The predicted octanol–water partition coefficient (Wildman–Crippen LogP) is 4.12. The zero-order valence-corrected chi connectivity index (χ0v) is 13.0. The van der Waals surface area contributed by atoms with Gasteiger partial charge in [-0.15, -0.1) is 0 Å². The zero-order chi connectivity index (χ0) is 13.9. The van der Waals surface area contributed by atoms with Gasteiger partial charge in [-0.3, -0.25) is 0 Å². The Bertz CT molecular complexity index is 411. The molecule has 1 aliphatic heterocycles. The Hall–Kier alpha value is -0.730. The van der Waals surface area contributed by atoms with E-state index in [-0.39, 0.29) is 0 Å². The molecule has 1 aliphatic rings. The average molecular weight is 281 g/mol. The van der Waals surface area contributed by atoms with Gasteiger partial charge in [0, 0.05) is 30.3 Å². The normalized spacial score (nSPS) is 20.7. The Morgan fingerprint density at radius 3 is 2.79 bits per heavy atom. The van der Waals surface area contributed by atoms with Crippen molar-refractivity contribution in [2.24, 2.45) is 11.3 Å². The standard InChI is InChI=1S/C16H25ClN2/c1-16(2,3)13-7-9-19(12-13)10-8-18-15-6-4-5-14(17)11-15/h4-6,11,13,18H,7-10,12H2,1-3H3. The molecule has 0 amide bonds. The summed E-state index contributed by atoms with van der Waals surface area (Å²) in [6.07, 6.45) is 1.33. The lowest BCUT2D eigenvalue weighted by Gasteiger charge is -2.27. The highest BCUT2D eigenvalue weighted by Crippen LogP contribution is 2.33. The third-order valence-corrected chi connectivity index (χ3v) is 4.31. The van der Waals surface area contributed by atoms with Crippen molar-refractivity contribution in [2.45, 2.75) is 27.2 Å². The number of likely N-dealkylation sites (tertiary alicyclic amines) is 1. The molecule has 0 saturated carbocycles. The van der Waals surface area contributed by atoms with Crippen LogP contribution in [0.15, 0.2) is 24.3 Å². The van der Waals surface area contributed by atoms with Crippen LogP contribution in [-0.2, 0) is 0 Å². The first-order chi connectivity index (χ1) is 8.95. The molecule has 106 valence electrons. The van der Waals surface area contributed by atoms with Crippen molar-refractivity contribution in [1.82, 2.24) is 4.90 Å². The van der Waals surface area contributed by atoms with E-state index in [0.717, 1.165) is 29.7 Å². The van der Waals surface area contributed by atoms with Gasteiger partial charge in [0.2, 0.25) is 0 Å². The van der Waals surface area contributed by atoms with Gasteiger partial charge >= 0.3 is 0 Å². The van der Waals surface area contributed by atoms with Crippen LogP contribution in [0.5, 0.6) is 0 Å². The lowest BCUT2D eigenvalue weighted by molar-refractivity contribution is 0.232. The van der Waals surface area contributed by atoms with Crippen LogP contribution in [0, 0.1) is 11.3 Å². The Labute approximate surface area is 122 Å². The first-order valence-electron chi connectivity index (χ1n) is 7.17. The van der Waals surface area contributed by atoms with Crippen molar-refractivity contribution in [2.75, 3.05) is 31.5 Å². The topological polar surface area (TPSA) is 15.3 Å². The van der Waals surface area contributed by atoms with Crippen molar-refractivity contribution in [1.29, 1.82) is 0 Å². The summed E-state index contributed by atoms with van der Waals surface area (Å²) in [6.45, 7) is 11.6. The molecule has 1 saturated heterocycles. The molecule has 0 spiro atoms. The van der Waals surface area contributed by atoms with E-state index < -0.39 is 0 Å². The lowest BCUT2D eigenvalue weighted by atomic mass is 9.80. The number of rotatable bonds is 4. The maximum Gasteiger partial charge on any atom is 0.0426 e. The van der Waals surface area contributed by atoms with E-state index in [2.05, 4.69) is 37.1 Å². The van der Waals surface area contributed by atoms with Gasteiger partial charge in [0.05, 0.1) is 0 Å². The quantitative estimate of drug-likeness (QED) is 0.892. The maximum atomic E-state index is 5.97. The number of hydrogen-bond acceptors (Lipinski definition) is 2. The minimum atomic E-state index is 0.440. The van der Waals surface area contributed by atoms with E-state index >= 15 is 0 Å². The van der Waals surface area contributed by atoms with E-state index in [9.17, 15) is 0 Å². The molecule has 1 aromatic rings. The van der Waals surface area contributed by atoms with E-state index in [0.29, 0.717) is 5.41 Å². The minimum Gasteiger partial charge on any atom is -0.384 e. The molecular weight excluding hydrogens is 256 g/mol. The molecule has 0 aliphatic carbocycles. The third kappa shape index (κ3) is 4.39. The molecule has 0 aromatic heterocycles. The maximum absolute atomic E-state index is 5.97. The Morgan fingerprint density at radius 1 is 1.37 bits per heavy atom. The van der Waals surface area contributed by atoms with Crippen LogP contribution in [0.3, 0.4) is 0 Å². The summed E-state index contributed by atoms with van der Waals surface area (Å²) in [4.78, 5) is 2.56. The molecule has 2 nitrogen and oxygen atoms in total. The van der Waals surface area contributed by atoms with Crippen LogP contribution in [0.25, 0.3) is 0 Å². The van der Waals surface area contributed by atoms with E-state index in [1.165, 1.54) is 19.5 Å². The van der Waals surface area contributed by atoms with E-state index in [4.69, 9.17) is 11.6 Å². The molecule has 1 heterocycles. The first-order valence-corrected chi connectivity index (χ1v) is 7.55. The van der Waals surface area contributed by atoms with Crippen molar-refractivity contribution < 1.29 is 0 Å². The second kappa shape index (κ2) is 6.15. The smallest absolute Gasteiger partial charge is 0.0426 e. The highest BCUT2D eigenvalue weighted by atomic mass is 35.5. The molecule has 1 unspecified atom stereocenters. The molecule has 0 bridgehead atoms. The van der Waals surface area contributed by atoms with Gasteiger partial charge in [-0.05, 0) is 42.5 Å². The van der Waals surface area contributed by atoms with Crippen LogP contribution < -0.4 is 5.32 Å². The van der Waals surface area contributed by atoms with Crippen LogP contribution in [0.4, 0.5) is 5.69 Å². The Kier molecular flexibility index (Phi) is 4.75. The van der Waals surface area contributed by atoms with Crippen molar-refractivity contribution in [3.8, 4) is 0 Å². The van der Waals surface area contributed by atoms with Crippen molar-refractivity contribution >= 4 is 17.3 Å². The van der Waals surface area contributed by atoms with E-state index in [1.807, 2.05) is 18.2 Å². The number of halogens is 1. The van der Waals surface area contributed by atoms with Crippen LogP contribution in [0.1, 0.15) is 27.2 Å². The van der Waals surface area contributed by atoms with Gasteiger partial charge in [-0.25, -0.2) is 0 Å². The minimum absolute atomic E-state index is 0.440. The third-order valence-electron chi connectivity index (χ3n) is 4.08. The molecule has 2 rings (SSSR count). The van der Waals surface area contributed by atoms with Crippen molar-refractivity contribution in [3.63, 3.8) is 0 Å². The first kappa shape index (κ1) is 14.7. The van der Waals surface area contributed by atoms with Gasteiger partial charge in [0.1, 0.15) is 0 Å². The molecule has 1 atom stereocenters. The van der Waals surface area contributed by atoms with Gasteiger partial charge in [0.25, 0.3) is 0 Å². The highest BCUT2D eigenvalue weighted by molar-refractivity contribution is 6.30. The van der Waals surface area contributed by atoms with Crippen molar-refractivity contribution in [3.05, 3.63) is 29.3 Å². The molecular formula is C16H25ClN2. The summed E-state index contributed by atoms with van der Waals surface area (Å²) >= 11 is 5.97. The molecule has 3 heteroatoms. The molecule has 1 aromatic carbocycles. The second-order valence-corrected chi connectivity index (χ2v) is 7.03. The SMILES string of the molecule is CC(C)(C)C1CCN(CCNc2cccc(Cl)c2)C1. The largest absolute Gasteiger partial charge is 0.384 e. The lowest BCUT2D eigenvalue weighted by Crippen LogP contribution is -2.29. The van der Waals surface area contributed by atoms with Crippen LogP contribution in [-0.4, -0.2) is 31.1 Å². The summed E-state index contributed by atoms with van der Waals surface area (Å²) in [5.74, 6) is 0.832. The highest BCUT2D eigenvalue weighted by Gasteiger charge is 2.31. The average Bonchev–Trinajstić information content (AvgIpc) is 2.77. The summed E-state index contributed by atoms with van der Waals surface area (Å²) in [5.41, 5.74) is 1.55. The number of hydrogen-bond donors (Lipinski definition) is 1. The zero-order valence-electron chi connectivity index (χ0n) is 12.2. The summed E-state index contributed by atoms with van der Waals surface area (Å²) < 4.78 is 0. The summed E-state index contributed by atoms with van der Waals surface area (Å²) in [6, 6.07) is 7.93. The molecule has 1 fully saturated rings. The van der Waals surface area contributed by atoms with Crippen LogP contribution >= 0.6 is 11.6 Å². The fourth-order valence-electron chi connectivity index (χ4n) is 2.70. The van der Waals surface area contributed by atoms with Crippen LogP contribution in [0.2, 0.25) is 5.02 Å². The predicted molar refractivity (Wildman–Crippen MR) is 83.9 cm³/mol. The summed E-state index contributed by atoms with van der Waals surface area (Å²) in [5, 5.41) is 4.23. The van der Waals surface area contributed by atoms with Gasteiger partial charge in [0.15, 0.2) is 0 Å². The fourth-order valence-corrected chi connectivity index (χ4v) is 2.89. The van der Waals surface area contributed by atoms with E-state index in [1.54, 1.807) is 0 Å². The fraction of sp³-hybridized carbons (Fsp3) is 0.625. The molecule has 0 radical (unpaired) electrons. The number of anilines is 1.